The van der Waals surface area contributed by atoms with Gasteiger partial charge < -0.3 is 10.1 Å². The second-order valence-corrected chi connectivity index (χ2v) is 9.08. The van der Waals surface area contributed by atoms with Gasteiger partial charge in [0.15, 0.2) is 0 Å². The highest BCUT2D eigenvalue weighted by Gasteiger charge is 2.28. The molecule has 0 aromatic heterocycles. The monoisotopic (exact) mass is 458 g/mol. The Kier molecular flexibility index (Phi) is 7.33. The van der Waals surface area contributed by atoms with E-state index in [0.717, 1.165) is 11.1 Å². The lowest BCUT2D eigenvalue weighted by Gasteiger charge is -2.20. The number of carbonyl (C=O) groups is 1. The van der Waals surface area contributed by atoms with Crippen molar-refractivity contribution >= 4 is 33.2 Å². The molecule has 0 heterocycles. The number of para-hydroxylation sites is 1. The summed E-state index contributed by atoms with van der Waals surface area (Å²) in [7, 11) is -2.66. The predicted octanol–water partition coefficient (Wildman–Crippen LogP) is 4.19. The Balaban J connectivity index is 1.93. The maximum Gasteiger partial charge on any atom is 0.245 e. The van der Waals surface area contributed by atoms with Crippen molar-refractivity contribution in [3.8, 4) is 5.75 Å². The van der Waals surface area contributed by atoms with Crippen LogP contribution >= 0.6 is 11.6 Å². The molecule has 8 heteroatoms. The number of nitrogens with one attached hydrogen (secondary N) is 2. The van der Waals surface area contributed by atoms with Crippen LogP contribution in [-0.4, -0.2) is 27.5 Å². The molecule has 0 aliphatic carbocycles. The third kappa shape index (κ3) is 5.85. The highest BCUT2D eigenvalue weighted by molar-refractivity contribution is 7.89. The van der Waals surface area contributed by atoms with Gasteiger partial charge in [0.05, 0.1) is 17.8 Å². The highest BCUT2D eigenvalue weighted by Crippen LogP contribution is 2.26. The number of hydrogen-bond acceptors (Lipinski definition) is 4. The molecular formula is C23H23ClN2O4S. The van der Waals surface area contributed by atoms with Gasteiger partial charge in [-0.2, -0.15) is 4.72 Å². The van der Waals surface area contributed by atoms with Gasteiger partial charge in [0.1, 0.15) is 16.7 Å². The number of methoxy groups -OCH3 is 1. The fourth-order valence-corrected chi connectivity index (χ4v) is 4.70. The van der Waals surface area contributed by atoms with Crippen LogP contribution in [-0.2, 0) is 21.2 Å². The van der Waals surface area contributed by atoms with Crippen molar-refractivity contribution in [1.82, 2.24) is 4.72 Å². The number of sulfonamides is 1. The van der Waals surface area contributed by atoms with Crippen LogP contribution in [0.15, 0.2) is 77.7 Å². The van der Waals surface area contributed by atoms with Crippen molar-refractivity contribution in [2.24, 2.45) is 0 Å². The Bertz CT molecular complexity index is 1170. The first-order chi connectivity index (χ1) is 14.8. The summed E-state index contributed by atoms with van der Waals surface area (Å²) in [5, 5.41) is 3.07. The molecule has 0 fully saturated rings. The van der Waals surface area contributed by atoms with Crippen LogP contribution in [0.2, 0.25) is 5.02 Å². The molecule has 0 aliphatic heterocycles. The molecule has 162 valence electrons. The minimum Gasteiger partial charge on any atom is -0.495 e. The number of hydrogen-bond donors (Lipinski definition) is 2. The Morgan fingerprint density at radius 3 is 2.39 bits per heavy atom. The molecule has 31 heavy (non-hydrogen) atoms. The third-order valence-electron chi connectivity index (χ3n) is 4.64. The lowest BCUT2D eigenvalue weighted by molar-refractivity contribution is -0.117. The summed E-state index contributed by atoms with van der Waals surface area (Å²) >= 11 is 6.15. The van der Waals surface area contributed by atoms with Gasteiger partial charge in [0, 0.05) is 0 Å². The maximum absolute atomic E-state index is 13.2. The molecule has 6 nitrogen and oxygen atoms in total. The molecule has 0 saturated carbocycles. The second-order valence-electron chi connectivity index (χ2n) is 6.99. The molecular weight excluding hydrogens is 436 g/mol. The summed E-state index contributed by atoms with van der Waals surface area (Å²) in [6.45, 7) is 1.78. The van der Waals surface area contributed by atoms with E-state index in [4.69, 9.17) is 16.3 Å². The van der Waals surface area contributed by atoms with Crippen LogP contribution in [0.1, 0.15) is 11.1 Å². The average Bonchev–Trinajstić information content (AvgIpc) is 2.75. The van der Waals surface area contributed by atoms with Gasteiger partial charge in [-0.1, -0.05) is 60.1 Å². The minimum atomic E-state index is -4.06. The van der Waals surface area contributed by atoms with Gasteiger partial charge in [-0.25, -0.2) is 8.42 Å². The van der Waals surface area contributed by atoms with Gasteiger partial charge >= 0.3 is 0 Å². The smallest absolute Gasteiger partial charge is 0.245 e. The van der Waals surface area contributed by atoms with E-state index in [-0.39, 0.29) is 17.1 Å². The summed E-state index contributed by atoms with van der Waals surface area (Å²) < 4.78 is 34.1. The van der Waals surface area contributed by atoms with Crippen LogP contribution < -0.4 is 14.8 Å². The SMILES string of the molecule is COc1ccc(C)cc1S(=O)(=O)NC(Cc1ccccc1)C(=O)Nc1ccccc1Cl. The number of anilines is 1. The number of amides is 1. The van der Waals surface area contributed by atoms with E-state index >= 15 is 0 Å². The molecule has 0 bridgehead atoms. The lowest BCUT2D eigenvalue weighted by atomic mass is 10.1. The molecule has 3 rings (SSSR count). The first-order valence-electron chi connectivity index (χ1n) is 9.56. The Hall–Kier alpha value is -2.87. The topological polar surface area (TPSA) is 84.5 Å². The Morgan fingerprint density at radius 1 is 1.03 bits per heavy atom. The Morgan fingerprint density at radius 2 is 1.71 bits per heavy atom. The van der Waals surface area contributed by atoms with E-state index in [2.05, 4.69) is 10.0 Å². The number of halogens is 1. The fraction of sp³-hybridized carbons (Fsp3) is 0.174. The first kappa shape index (κ1) is 22.8. The van der Waals surface area contributed by atoms with Crippen LogP contribution in [0, 0.1) is 6.92 Å². The highest BCUT2D eigenvalue weighted by atomic mass is 35.5. The van der Waals surface area contributed by atoms with Gasteiger partial charge in [0.25, 0.3) is 0 Å². The lowest BCUT2D eigenvalue weighted by Crippen LogP contribution is -2.45. The standard InChI is InChI=1S/C23H23ClN2O4S/c1-16-12-13-21(30-2)22(14-16)31(28,29)26-20(15-17-8-4-3-5-9-17)23(27)25-19-11-7-6-10-18(19)24/h3-14,20,26H,15H2,1-2H3,(H,25,27). The minimum absolute atomic E-state index is 0.0291. The fourth-order valence-electron chi connectivity index (χ4n) is 3.06. The van der Waals surface area contributed by atoms with Crippen molar-refractivity contribution in [1.29, 1.82) is 0 Å². The zero-order valence-electron chi connectivity index (χ0n) is 17.1. The van der Waals surface area contributed by atoms with Crippen LogP contribution in [0.25, 0.3) is 0 Å². The van der Waals surface area contributed by atoms with Crippen LogP contribution in [0.3, 0.4) is 0 Å². The number of carbonyl (C=O) groups excluding carboxylic acids is 1. The Labute approximate surface area is 187 Å². The number of ether oxygens (including phenoxy) is 1. The van der Waals surface area contributed by atoms with Crippen molar-refractivity contribution < 1.29 is 17.9 Å². The van der Waals surface area contributed by atoms with Crippen molar-refractivity contribution in [3.05, 3.63) is 88.9 Å². The number of rotatable bonds is 8. The third-order valence-corrected chi connectivity index (χ3v) is 6.46. The summed E-state index contributed by atoms with van der Waals surface area (Å²) in [6.07, 6.45) is 0.157. The van der Waals surface area contributed by atoms with E-state index in [1.54, 1.807) is 43.3 Å². The van der Waals surface area contributed by atoms with Gasteiger partial charge in [0.2, 0.25) is 15.9 Å². The van der Waals surface area contributed by atoms with Crippen molar-refractivity contribution in [3.63, 3.8) is 0 Å². The molecule has 1 atom stereocenters. The molecule has 0 radical (unpaired) electrons. The van der Waals surface area contributed by atoms with E-state index in [0.29, 0.717) is 10.7 Å². The molecule has 0 saturated heterocycles. The first-order valence-corrected chi connectivity index (χ1v) is 11.4. The molecule has 0 spiro atoms. The average molecular weight is 459 g/mol. The number of aryl methyl sites for hydroxylation is 1. The van der Waals surface area contributed by atoms with Crippen molar-refractivity contribution in [2.75, 3.05) is 12.4 Å². The maximum atomic E-state index is 13.2. The van der Waals surface area contributed by atoms with E-state index in [1.807, 2.05) is 30.3 Å². The van der Waals surface area contributed by atoms with Gasteiger partial charge in [-0.3, -0.25) is 4.79 Å². The van der Waals surface area contributed by atoms with Gasteiger partial charge in [-0.05, 0) is 48.7 Å². The molecule has 3 aromatic rings. The van der Waals surface area contributed by atoms with Crippen LogP contribution in [0.4, 0.5) is 5.69 Å². The van der Waals surface area contributed by atoms with E-state index < -0.39 is 22.0 Å². The quantitative estimate of drug-likeness (QED) is 0.530. The summed E-state index contributed by atoms with van der Waals surface area (Å²) in [6, 6.07) is 19.7. The summed E-state index contributed by atoms with van der Waals surface area (Å²) in [5.41, 5.74) is 1.96. The molecule has 2 N–H and O–H groups in total. The van der Waals surface area contributed by atoms with Crippen LogP contribution in [0.5, 0.6) is 5.75 Å². The second kappa shape index (κ2) is 9.96. The molecule has 1 unspecified atom stereocenters. The van der Waals surface area contributed by atoms with E-state index in [1.165, 1.54) is 13.2 Å². The van der Waals surface area contributed by atoms with Crippen molar-refractivity contribution in [2.45, 2.75) is 24.3 Å². The van der Waals surface area contributed by atoms with E-state index in [9.17, 15) is 13.2 Å². The molecule has 1 amide bonds. The largest absolute Gasteiger partial charge is 0.495 e. The molecule has 0 aliphatic rings. The normalized spacial score (nSPS) is 12.2. The summed E-state index contributed by atoms with van der Waals surface area (Å²) in [5.74, 6) is -0.324. The zero-order valence-corrected chi connectivity index (χ0v) is 18.7. The molecule has 3 aromatic carbocycles. The predicted molar refractivity (Wildman–Crippen MR) is 122 cm³/mol. The summed E-state index contributed by atoms with van der Waals surface area (Å²) in [4.78, 5) is 13.0. The van der Waals surface area contributed by atoms with Gasteiger partial charge in [-0.15, -0.1) is 0 Å². The zero-order chi connectivity index (χ0) is 22.4. The number of benzene rings is 3.